The molecule has 4 rings (SSSR count). The number of piperazine rings is 1. The molecule has 1 aliphatic rings. The zero-order chi connectivity index (χ0) is 20.7. The van der Waals surface area contributed by atoms with E-state index in [2.05, 4.69) is 16.1 Å². The summed E-state index contributed by atoms with van der Waals surface area (Å²) < 4.78 is 1.72. The van der Waals surface area contributed by atoms with Gasteiger partial charge in [0.2, 0.25) is 5.91 Å². The third-order valence-corrected chi connectivity index (χ3v) is 5.44. The number of nitrogens with two attached hydrogens (primary N) is 2. The van der Waals surface area contributed by atoms with Crippen LogP contribution in [0.4, 0.5) is 17.3 Å². The van der Waals surface area contributed by atoms with E-state index in [4.69, 9.17) is 16.5 Å². The first-order valence-electron chi connectivity index (χ1n) is 9.88. The Hall–Kier alpha value is -3.29. The summed E-state index contributed by atoms with van der Waals surface area (Å²) in [5.41, 5.74) is 15.5. The first-order valence-corrected chi connectivity index (χ1v) is 9.88. The molecule has 1 aliphatic heterocycles. The SMILES string of the molecule is CC(C)C(=O)N1CCN(c2cc(-c3ccc(N)cc3)c3c(N)nn(C)c3n2)CC1. The Morgan fingerprint density at radius 3 is 2.34 bits per heavy atom. The highest BCUT2D eigenvalue weighted by Gasteiger charge is 2.25. The van der Waals surface area contributed by atoms with E-state index in [1.54, 1.807) is 4.68 Å². The van der Waals surface area contributed by atoms with E-state index < -0.39 is 0 Å². The molecule has 1 amide bonds. The molecule has 3 aromatic rings. The van der Waals surface area contributed by atoms with Crippen molar-refractivity contribution in [3.63, 3.8) is 0 Å². The minimum Gasteiger partial charge on any atom is -0.399 e. The Morgan fingerprint density at radius 1 is 1.07 bits per heavy atom. The quantitative estimate of drug-likeness (QED) is 0.660. The summed E-state index contributed by atoms with van der Waals surface area (Å²) in [5.74, 6) is 1.55. The minimum atomic E-state index is 0.0190. The van der Waals surface area contributed by atoms with Crippen LogP contribution in [0.5, 0.6) is 0 Å². The summed E-state index contributed by atoms with van der Waals surface area (Å²) >= 11 is 0. The van der Waals surface area contributed by atoms with Gasteiger partial charge in [0.1, 0.15) is 5.82 Å². The standard InChI is InChI=1S/C21H27N7O/c1-13(2)21(29)28-10-8-27(9-11-28)17-12-16(14-4-6-15(22)7-5-14)18-19(23)25-26(3)20(18)24-17/h4-7,12-13H,8-11,22H2,1-3H3,(H2,23,25). The van der Waals surface area contributed by atoms with E-state index in [0.29, 0.717) is 24.6 Å². The molecule has 8 nitrogen and oxygen atoms in total. The van der Waals surface area contributed by atoms with Crippen LogP contribution in [-0.4, -0.2) is 51.8 Å². The molecule has 1 aromatic carbocycles. The van der Waals surface area contributed by atoms with Crippen LogP contribution in [0.1, 0.15) is 13.8 Å². The van der Waals surface area contributed by atoms with Gasteiger partial charge in [-0.2, -0.15) is 5.10 Å². The van der Waals surface area contributed by atoms with Gasteiger partial charge in [0, 0.05) is 50.4 Å². The molecule has 0 bridgehead atoms. The molecular formula is C21H27N7O. The Labute approximate surface area is 170 Å². The first-order chi connectivity index (χ1) is 13.8. The summed E-state index contributed by atoms with van der Waals surface area (Å²) in [7, 11) is 1.85. The number of carbonyl (C=O) groups is 1. The summed E-state index contributed by atoms with van der Waals surface area (Å²) in [6.07, 6.45) is 0. The van der Waals surface area contributed by atoms with Gasteiger partial charge in [-0.05, 0) is 23.8 Å². The number of carbonyl (C=O) groups excluding carboxylic acids is 1. The van der Waals surface area contributed by atoms with Gasteiger partial charge in [0.05, 0.1) is 5.39 Å². The van der Waals surface area contributed by atoms with Gasteiger partial charge in [-0.3, -0.25) is 4.79 Å². The highest BCUT2D eigenvalue weighted by molar-refractivity contribution is 6.01. The van der Waals surface area contributed by atoms with Gasteiger partial charge in [-0.1, -0.05) is 26.0 Å². The number of nitrogen functional groups attached to an aromatic ring is 2. The fourth-order valence-corrected chi connectivity index (χ4v) is 3.84. The zero-order valence-electron chi connectivity index (χ0n) is 17.1. The average Bonchev–Trinajstić information content (AvgIpc) is 3.01. The van der Waals surface area contributed by atoms with Crippen molar-refractivity contribution in [3.8, 4) is 11.1 Å². The molecule has 29 heavy (non-hydrogen) atoms. The third kappa shape index (κ3) is 3.46. The minimum absolute atomic E-state index is 0.0190. The van der Waals surface area contributed by atoms with Gasteiger partial charge in [-0.25, -0.2) is 9.67 Å². The molecule has 0 radical (unpaired) electrons. The lowest BCUT2D eigenvalue weighted by molar-refractivity contribution is -0.134. The predicted molar refractivity (Wildman–Crippen MR) is 116 cm³/mol. The highest BCUT2D eigenvalue weighted by atomic mass is 16.2. The summed E-state index contributed by atoms with van der Waals surface area (Å²) in [4.78, 5) is 21.3. The van der Waals surface area contributed by atoms with Crippen molar-refractivity contribution in [2.24, 2.45) is 13.0 Å². The van der Waals surface area contributed by atoms with Crippen molar-refractivity contribution in [1.29, 1.82) is 0 Å². The predicted octanol–water partition coefficient (Wildman–Crippen LogP) is 2.10. The number of fused-ring (bicyclic) bond motifs is 1. The number of aryl methyl sites for hydroxylation is 1. The molecule has 0 spiro atoms. The van der Waals surface area contributed by atoms with Crippen LogP contribution in [0.2, 0.25) is 0 Å². The van der Waals surface area contributed by atoms with Crippen LogP contribution in [0.15, 0.2) is 30.3 Å². The number of pyridine rings is 1. The number of aromatic nitrogens is 3. The zero-order valence-corrected chi connectivity index (χ0v) is 17.1. The molecule has 1 saturated heterocycles. The molecule has 1 fully saturated rings. The van der Waals surface area contributed by atoms with Crippen molar-refractivity contribution in [2.75, 3.05) is 42.5 Å². The molecule has 152 valence electrons. The van der Waals surface area contributed by atoms with Crippen LogP contribution < -0.4 is 16.4 Å². The van der Waals surface area contributed by atoms with Crippen molar-refractivity contribution in [1.82, 2.24) is 19.7 Å². The highest BCUT2D eigenvalue weighted by Crippen LogP contribution is 2.35. The van der Waals surface area contributed by atoms with Gasteiger partial charge < -0.3 is 21.3 Å². The third-order valence-electron chi connectivity index (χ3n) is 5.44. The van der Waals surface area contributed by atoms with E-state index in [0.717, 1.165) is 41.1 Å². The lowest BCUT2D eigenvalue weighted by atomic mass is 10.0. The van der Waals surface area contributed by atoms with E-state index in [1.807, 2.05) is 50.1 Å². The molecule has 3 heterocycles. The topological polar surface area (TPSA) is 106 Å². The number of hydrogen-bond donors (Lipinski definition) is 2. The number of nitrogens with zero attached hydrogens (tertiary/aromatic N) is 5. The smallest absolute Gasteiger partial charge is 0.225 e. The Bertz CT molecular complexity index is 1050. The van der Waals surface area contributed by atoms with Crippen LogP contribution in [-0.2, 0) is 11.8 Å². The van der Waals surface area contributed by atoms with Crippen molar-refractivity contribution < 1.29 is 4.79 Å². The second kappa shape index (κ2) is 7.27. The Kier molecular flexibility index (Phi) is 4.77. The summed E-state index contributed by atoms with van der Waals surface area (Å²) in [6, 6.07) is 9.79. The van der Waals surface area contributed by atoms with Gasteiger partial charge >= 0.3 is 0 Å². The number of anilines is 3. The average molecular weight is 393 g/mol. The maximum Gasteiger partial charge on any atom is 0.225 e. The Morgan fingerprint density at radius 2 is 1.72 bits per heavy atom. The van der Waals surface area contributed by atoms with Crippen molar-refractivity contribution >= 4 is 34.3 Å². The van der Waals surface area contributed by atoms with Gasteiger partial charge in [0.15, 0.2) is 11.5 Å². The van der Waals surface area contributed by atoms with E-state index in [9.17, 15) is 4.79 Å². The van der Waals surface area contributed by atoms with Gasteiger partial charge in [-0.15, -0.1) is 0 Å². The normalized spacial score (nSPS) is 14.8. The fourth-order valence-electron chi connectivity index (χ4n) is 3.84. The van der Waals surface area contributed by atoms with Crippen LogP contribution in [0.3, 0.4) is 0 Å². The molecule has 0 atom stereocenters. The molecule has 2 aromatic heterocycles. The fraction of sp³-hybridized carbons (Fsp3) is 0.381. The van der Waals surface area contributed by atoms with Crippen LogP contribution in [0, 0.1) is 5.92 Å². The second-order valence-corrected chi connectivity index (χ2v) is 7.82. The molecular weight excluding hydrogens is 366 g/mol. The molecule has 4 N–H and O–H groups in total. The lowest BCUT2D eigenvalue weighted by Crippen LogP contribution is -2.50. The number of amides is 1. The lowest BCUT2D eigenvalue weighted by Gasteiger charge is -2.36. The second-order valence-electron chi connectivity index (χ2n) is 7.82. The molecule has 8 heteroatoms. The van der Waals surface area contributed by atoms with Crippen molar-refractivity contribution in [3.05, 3.63) is 30.3 Å². The number of rotatable bonds is 3. The monoisotopic (exact) mass is 393 g/mol. The first kappa shape index (κ1) is 19.0. The van der Waals surface area contributed by atoms with Gasteiger partial charge in [0.25, 0.3) is 0 Å². The number of benzene rings is 1. The van der Waals surface area contributed by atoms with E-state index in [-0.39, 0.29) is 11.8 Å². The summed E-state index contributed by atoms with van der Waals surface area (Å²) in [6.45, 7) is 6.76. The largest absolute Gasteiger partial charge is 0.399 e. The van der Waals surface area contributed by atoms with Crippen molar-refractivity contribution in [2.45, 2.75) is 13.8 Å². The molecule has 0 aliphatic carbocycles. The van der Waals surface area contributed by atoms with E-state index in [1.165, 1.54) is 0 Å². The van der Waals surface area contributed by atoms with Crippen LogP contribution in [0.25, 0.3) is 22.2 Å². The maximum atomic E-state index is 12.3. The summed E-state index contributed by atoms with van der Waals surface area (Å²) in [5, 5.41) is 5.21. The molecule has 0 unspecified atom stereocenters. The van der Waals surface area contributed by atoms with E-state index >= 15 is 0 Å². The molecule has 0 saturated carbocycles. The number of hydrogen-bond acceptors (Lipinski definition) is 6. The van der Waals surface area contributed by atoms with Crippen LogP contribution >= 0.6 is 0 Å². The Balaban J connectivity index is 1.72. The maximum absolute atomic E-state index is 12.3.